The van der Waals surface area contributed by atoms with E-state index in [1.54, 1.807) is 6.92 Å². The smallest absolute Gasteiger partial charge is 0.314 e. The van der Waals surface area contributed by atoms with Crippen molar-refractivity contribution < 1.29 is 14.6 Å². The lowest BCUT2D eigenvalue weighted by molar-refractivity contribution is 0.131. The molecule has 0 heterocycles. The Bertz CT molecular complexity index is 332. The van der Waals surface area contributed by atoms with Crippen molar-refractivity contribution in [2.24, 2.45) is 5.16 Å². The molecule has 1 rings (SSSR count). The first-order valence-electron chi connectivity index (χ1n) is 4.53. The lowest BCUT2D eigenvalue weighted by atomic mass is 10.2. The predicted molar refractivity (Wildman–Crippen MR) is 61.6 cm³/mol. The van der Waals surface area contributed by atoms with Crippen LogP contribution in [0.5, 0.6) is 0 Å². The zero-order chi connectivity index (χ0) is 11.3. The maximum Gasteiger partial charge on any atom is 0.314 e. The second-order valence-corrected chi connectivity index (χ2v) is 5.78. The fourth-order valence-electron chi connectivity index (χ4n) is 0.852. The summed E-state index contributed by atoms with van der Waals surface area (Å²) in [5.74, 6) is 0. The van der Waals surface area contributed by atoms with E-state index in [1.165, 1.54) is 6.66 Å². The third-order valence-electron chi connectivity index (χ3n) is 1.88. The van der Waals surface area contributed by atoms with Gasteiger partial charge in [-0.2, -0.15) is 0 Å². The molecule has 0 aliphatic heterocycles. The molecule has 0 saturated carbocycles. The van der Waals surface area contributed by atoms with Crippen LogP contribution in [0.1, 0.15) is 12.5 Å². The van der Waals surface area contributed by atoms with Gasteiger partial charge in [0.05, 0.1) is 0 Å². The average molecular weight is 228 g/mol. The first-order valence-corrected chi connectivity index (χ1v) is 6.67. The quantitative estimate of drug-likeness (QED) is 0.470. The van der Waals surface area contributed by atoms with Crippen LogP contribution in [0, 0.1) is 0 Å². The van der Waals surface area contributed by atoms with Crippen molar-refractivity contribution in [1.29, 1.82) is 0 Å². The van der Waals surface area contributed by atoms with Crippen molar-refractivity contribution in [3.05, 3.63) is 35.9 Å². The molecule has 1 aromatic rings. The molecule has 0 fully saturated rings. The molecule has 0 radical (unpaired) electrons. The standard InChI is InChI=1S/C10H15NO3P/c1-9(15(2,12)13)11-14-8-10-6-4-3-5-7-10/h3-7,12-13H,8H2,1-2H3/q+1. The van der Waals surface area contributed by atoms with Crippen molar-refractivity contribution >= 4 is 13.2 Å². The zero-order valence-electron chi connectivity index (χ0n) is 8.79. The van der Waals surface area contributed by atoms with E-state index in [1.807, 2.05) is 30.3 Å². The molecule has 15 heavy (non-hydrogen) atoms. The van der Waals surface area contributed by atoms with Crippen LogP contribution in [0.3, 0.4) is 0 Å². The Morgan fingerprint density at radius 2 is 1.93 bits per heavy atom. The second-order valence-electron chi connectivity index (χ2n) is 3.31. The van der Waals surface area contributed by atoms with E-state index in [9.17, 15) is 9.79 Å². The van der Waals surface area contributed by atoms with Crippen LogP contribution in [-0.4, -0.2) is 21.9 Å². The Labute approximate surface area is 89.7 Å². The molecule has 0 aromatic heterocycles. The summed E-state index contributed by atoms with van der Waals surface area (Å²) in [6.07, 6.45) is 0. The predicted octanol–water partition coefficient (Wildman–Crippen LogP) is 2.00. The Morgan fingerprint density at radius 1 is 1.33 bits per heavy atom. The van der Waals surface area contributed by atoms with Gasteiger partial charge in [-0.1, -0.05) is 30.3 Å². The van der Waals surface area contributed by atoms with Gasteiger partial charge in [0.1, 0.15) is 13.3 Å². The molecule has 0 spiro atoms. The molecule has 0 atom stereocenters. The summed E-state index contributed by atoms with van der Waals surface area (Å²) >= 11 is 0. The highest BCUT2D eigenvalue weighted by Gasteiger charge is 2.31. The topological polar surface area (TPSA) is 62.0 Å². The molecular formula is C10H15NO3P+. The summed E-state index contributed by atoms with van der Waals surface area (Å²) < 4.78 is 0. The highest BCUT2D eigenvalue weighted by atomic mass is 31.2. The monoisotopic (exact) mass is 228 g/mol. The second kappa shape index (κ2) is 5.21. The molecule has 4 nitrogen and oxygen atoms in total. The number of nitrogens with zero attached hydrogens (tertiary/aromatic N) is 1. The molecular weight excluding hydrogens is 213 g/mol. The molecule has 1 aromatic carbocycles. The molecule has 82 valence electrons. The minimum Gasteiger partial charge on any atom is -0.388 e. The third-order valence-corrected chi connectivity index (χ3v) is 3.19. The van der Waals surface area contributed by atoms with Crippen LogP contribution in [0.25, 0.3) is 0 Å². The van der Waals surface area contributed by atoms with Gasteiger partial charge >= 0.3 is 7.72 Å². The molecule has 5 heteroatoms. The molecule has 0 bridgehead atoms. The summed E-state index contributed by atoms with van der Waals surface area (Å²) in [6, 6.07) is 9.56. The van der Waals surface area contributed by atoms with Crippen molar-refractivity contribution in [3.8, 4) is 0 Å². The summed E-state index contributed by atoms with van der Waals surface area (Å²) in [7, 11) is -3.00. The Kier molecular flexibility index (Phi) is 4.21. The minimum absolute atomic E-state index is 0.235. The summed E-state index contributed by atoms with van der Waals surface area (Å²) in [6.45, 7) is 3.22. The highest BCUT2D eigenvalue weighted by molar-refractivity contribution is 7.80. The summed E-state index contributed by atoms with van der Waals surface area (Å²) in [5, 5.41) is 3.66. The maximum absolute atomic E-state index is 9.24. The van der Waals surface area contributed by atoms with Crippen LogP contribution < -0.4 is 0 Å². The van der Waals surface area contributed by atoms with Gasteiger partial charge in [-0.05, 0) is 10.7 Å². The lowest BCUT2D eigenvalue weighted by Gasteiger charge is -2.04. The maximum atomic E-state index is 9.24. The lowest BCUT2D eigenvalue weighted by Crippen LogP contribution is -2.00. The SMILES string of the molecule is CC(=NOCc1ccccc1)[P+](C)(O)O. The molecule has 0 aliphatic rings. The first kappa shape index (κ1) is 12.1. The van der Waals surface area contributed by atoms with Gasteiger partial charge in [0.2, 0.25) is 0 Å². The van der Waals surface area contributed by atoms with Gasteiger partial charge in [0.25, 0.3) is 5.45 Å². The Balaban J connectivity index is 2.46. The minimum atomic E-state index is -3.00. The summed E-state index contributed by atoms with van der Waals surface area (Å²) in [4.78, 5) is 23.5. The van der Waals surface area contributed by atoms with Crippen LogP contribution in [0.4, 0.5) is 0 Å². The number of rotatable bonds is 4. The molecule has 0 aliphatic carbocycles. The van der Waals surface area contributed by atoms with Gasteiger partial charge in [-0.15, -0.1) is 0 Å². The number of benzene rings is 1. The average Bonchev–Trinajstić information content (AvgIpc) is 2.18. The van der Waals surface area contributed by atoms with E-state index < -0.39 is 7.72 Å². The fraction of sp³-hybridized carbons (Fsp3) is 0.300. The van der Waals surface area contributed by atoms with Crippen molar-refractivity contribution in [2.75, 3.05) is 6.66 Å². The Morgan fingerprint density at radius 3 is 2.47 bits per heavy atom. The van der Waals surface area contributed by atoms with Gasteiger partial charge in [-0.25, -0.2) is 9.79 Å². The fourth-order valence-corrected chi connectivity index (χ4v) is 1.06. The van der Waals surface area contributed by atoms with Crippen molar-refractivity contribution in [1.82, 2.24) is 0 Å². The van der Waals surface area contributed by atoms with E-state index >= 15 is 0 Å². The van der Waals surface area contributed by atoms with E-state index in [0.717, 1.165) is 5.56 Å². The van der Waals surface area contributed by atoms with Gasteiger partial charge < -0.3 is 4.84 Å². The zero-order valence-corrected chi connectivity index (χ0v) is 9.69. The van der Waals surface area contributed by atoms with Gasteiger partial charge in [-0.3, -0.25) is 0 Å². The van der Waals surface area contributed by atoms with Crippen LogP contribution in [-0.2, 0) is 11.4 Å². The Hall–Kier alpha value is -0.960. The van der Waals surface area contributed by atoms with Crippen LogP contribution >= 0.6 is 7.72 Å². The highest BCUT2D eigenvalue weighted by Crippen LogP contribution is 2.46. The van der Waals surface area contributed by atoms with Gasteiger partial charge in [0, 0.05) is 6.92 Å². The molecule has 0 amide bonds. The molecule has 0 saturated heterocycles. The third kappa shape index (κ3) is 4.38. The van der Waals surface area contributed by atoms with E-state index in [0.29, 0.717) is 6.61 Å². The summed E-state index contributed by atoms with van der Waals surface area (Å²) in [5.41, 5.74) is 1.23. The van der Waals surface area contributed by atoms with E-state index in [4.69, 9.17) is 4.84 Å². The normalized spacial score (nSPS) is 12.7. The number of oxime groups is 1. The van der Waals surface area contributed by atoms with Gasteiger partial charge in [0.15, 0.2) is 0 Å². The van der Waals surface area contributed by atoms with Crippen molar-refractivity contribution in [3.63, 3.8) is 0 Å². The van der Waals surface area contributed by atoms with E-state index in [-0.39, 0.29) is 5.45 Å². The van der Waals surface area contributed by atoms with Crippen LogP contribution in [0.15, 0.2) is 35.5 Å². The van der Waals surface area contributed by atoms with Crippen molar-refractivity contribution in [2.45, 2.75) is 13.5 Å². The molecule has 0 unspecified atom stereocenters. The van der Waals surface area contributed by atoms with Crippen LogP contribution in [0.2, 0.25) is 0 Å². The van der Waals surface area contributed by atoms with E-state index in [2.05, 4.69) is 5.16 Å². The molecule has 2 N–H and O–H groups in total. The number of hydrogen-bond donors (Lipinski definition) is 2. The first-order chi connectivity index (χ1) is 7.00. The largest absolute Gasteiger partial charge is 0.388 e. The number of hydrogen-bond acceptors (Lipinski definition) is 4.